The van der Waals surface area contributed by atoms with E-state index in [0.717, 1.165) is 25.8 Å². The second kappa shape index (κ2) is 9.11. The molecule has 0 aliphatic heterocycles. The fraction of sp³-hybridized carbons (Fsp3) is 0.643. The zero-order valence-electron chi connectivity index (χ0n) is 11.3. The Kier molecular flexibility index (Phi) is 7.69. The summed E-state index contributed by atoms with van der Waals surface area (Å²) in [7, 11) is 0. The van der Waals surface area contributed by atoms with Crippen molar-refractivity contribution in [2.75, 3.05) is 6.61 Å². The average Bonchev–Trinajstić information content (AvgIpc) is 2.87. The first-order valence-electron chi connectivity index (χ1n) is 6.70. The summed E-state index contributed by atoms with van der Waals surface area (Å²) in [5.74, 6) is -0.120. The van der Waals surface area contributed by atoms with Crippen molar-refractivity contribution in [3.8, 4) is 0 Å². The van der Waals surface area contributed by atoms with E-state index in [1.807, 2.05) is 18.4 Å². The van der Waals surface area contributed by atoms with E-state index >= 15 is 0 Å². The normalized spacial score (nSPS) is 12.3. The van der Waals surface area contributed by atoms with Crippen LogP contribution < -0.4 is 5.32 Å². The maximum Gasteiger partial charge on any atom is 0.323 e. The van der Waals surface area contributed by atoms with Crippen molar-refractivity contribution < 1.29 is 9.53 Å². The molecule has 0 spiro atoms. The molecule has 0 saturated carbocycles. The molecule has 3 nitrogen and oxygen atoms in total. The van der Waals surface area contributed by atoms with Crippen molar-refractivity contribution in [2.24, 2.45) is 0 Å². The van der Waals surface area contributed by atoms with E-state index < -0.39 is 0 Å². The molecule has 0 bridgehead atoms. The fourth-order valence-electron chi connectivity index (χ4n) is 1.78. The Morgan fingerprint density at radius 3 is 2.89 bits per heavy atom. The van der Waals surface area contributed by atoms with E-state index in [1.54, 1.807) is 11.3 Å². The van der Waals surface area contributed by atoms with Gasteiger partial charge < -0.3 is 4.74 Å². The van der Waals surface area contributed by atoms with Gasteiger partial charge in [0.15, 0.2) is 0 Å². The molecule has 4 heteroatoms. The van der Waals surface area contributed by atoms with Gasteiger partial charge in [0.25, 0.3) is 0 Å². The Bertz CT molecular complexity index is 325. The smallest absolute Gasteiger partial charge is 0.323 e. The van der Waals surface area contributed by atoms with Crippen LogP contribution >= 0.6 is 11.3 Å². The van der Waals surface area contributed by atoms with Crippen molar-refractivity contribution in [3.05, 3.63) is 22.4 Å². The molecule has 1 rings (SSSR count). The van der Waals surface area contributed by atoms with Gasteiger partial charge in [-0.2, -0.15) is 0 Å². The number of thiophene rings is 1. The summed E-state index contributed by atoms with van der Waals surface area (Å²) in [6, 6.07) is 3.93. The summed E-state index contributed by atoms with van der Waals surface area (Å²) in [6.07, 6.45) is 4.26. The van der Waals surface area contributed by atoms with Gasteiger partial charge in [-0.15, -0.1) is 11.3 Å². The molecule has 1 unspecified atom stereocenters. The van der Waals surface area contributed by atoms with Crippen LogP contribution in [0.5, 0.6) is 0 Å². The van der Waals surface area contributed by atoms with Crippen LogP contribution in [0.4, 0.5) is 0 Å². The van der Waals surface area contributed by atoms with E-state index in [4.69, 9.17) is 4.74 Å². The third kappa shape index (κ3) is 5.65. The molecule has 1 atom stereocenters. The second-order valence-corrected chi connectivity index (χ2v) is 5.29. The van der Waals surface area contributed by atoms with E-state index in [-0.39, 0.29) is 12.0 Å². The van der Waals surface area contributed by atoms with Gasteiger partial charge in [0.1, 0.15) is 6.04 Å². The second-order valence-electron chi connectivity index (χ2n) is 4.26. The number of rotatable bonds is 9. The largest absolute Gasteiger partial charge is 0.465 e. The number of hydrogen-bond donors (Lipinski definition) is 1. The maximum absolute atomic E-state index is 11.8. The molecular weight excluding hydrogens is 246 g/mol. The van der Waals surface area contributed by atoms with Crippen LogP contribution in [0.2, 0.25) is 0 Å². The van der Waals surface area contributed by atoms with Crippen LogP contribution in [-0.4, -0.2) is 18.6 Å². The highest BCUT2D eigenvalue weighted by atomic mass is 32.1. The van der Waals surface area contributed by atoms with Gasteiger partial charge in [-0.3, -0.25) is 10.1 Å². The predicted molar refractivity (Wildman–Crippen MR) is 75.7 cm³/mol. The lowest BCUT2D eigenvalue weighted by atomic mass is 10.1. The fourth-order valence-corrected chi connectivity index (χ4v) is 2.44. The molecule has 102 valence electrons. The number of carbonyl (C=O) groups is 1. The highest BCUT2D eigenvalue weighted by molar-refractivity contribution is 7.09. The molecular formula is C14H23NO2S. The number of hydrogen-bond acceptors (Lipinski definition) is 4. The van der Waals surface area contributed by atoms with Crippen LogP contribution in [0.3, 0.4) is 0 Å². The van der Waals surface area contributed by atoms with Gasteiger partial charge in [-0.25, -0.2) is 0 Å². The monoisotopic (exact) mass is 269 g/mol. The first-order valence-corrected chi connectivity index (χ1v) is 7.58. The van der Waals surface area contributed by atoms with E-state index in [1.165, 1.54) is 11.3 Å². The molecule has 0 amide bonds. The molecule has 0 aliphatic carbocycles. The van der Waals surface area contributed by atoms with E-state index in [0.29, 0.717) is 6.61 Å². The molecule has 1 aromatic heterocycles. The van der Waals surface area contributed by atoms with Gasteiger partial charge >= 0.3 is 5.97 Å². The molecule has 0 aliphatic rings. The standard InChI is InChI=1S/C14H23NO2S/c1-3-5-6-9-13(14(16)17-4-2)15-11-12-8-7-10-18-12/h7-8,10,13,15H,3-6,9,11H2,1-2H3. The summed E-state index contributed by atoms with van der Waals surface area (Å²) in [5.41, 5.74) is 0. The minimum Gasteiger partial charge on any atom is -0.465 e. The van der Waals surface area contributed by atoms with Crippen LogP contribution in [0.1, 0.15) is 44.4 Å². The van der Waals surface area contributed by atoms with E-state index in [2.05, 4.69) is 18.3 Å². The molecule has 0 saturated heterocycles. The van der Waals surface area contributed by atoms with Crippen molar-refractivity contribution in [1.82, 2.24) is 5.32 Å². The van der Waals surface area contributed by atoms with Gasteiger partial charge in [-0.1, -0.05) is 32.3 Å². The summed E-state index contributed by atoms with van der Waals surface area (Å²) < 4.78 is 5.11. The third-order valence-corrected chi connectivity index (χ3v) is 3.65. The number of nitrogens with one attached hydrogen (secondary N) is 1. The zero-order valence-corrected chi connectivity index (χ0v) is 12.1. The lowest BCUT2D eigenvalue weighted by Crippen LogP contribution is -2.37. The molecule has 1 N–H and O–H groups in total. The SMILES string of the molecule is CCCCCC(NCc1cccs1)C(=O)OCC. The van der Waals surface area contributed by atoms with Crippen LogP contribution in [0, 0.1) is 0 Å². The van der Waals surface area contributed by atoms with Crippen LogP contribution in [0.25, 0.3) is 0 Å². The Morgan fingerprint density at radius 2 is 2.28 bits per heavy atom. The number of carbonyl (C=O) groups excluding carboxylic acids is 1. The van der Waals surface area contributed by atoms with E-state index in [9.17, 15) is 4.79 Å². The summed E-state index contributed by atoms with van der Waals surface area (Å²) in [4.78, 5) is 13.1. The molecule has 0 radical (unpaired) electrons. The number of esters is 1. The van der Waals surface area contributed by atoms with Gasteiger partial charge in [-0.05, 0) is 24.8 Å². The van der Waals surface area contributed by atoms with Crippen LogP contribution in [0.15, 0.2) is 17.5 Å². The average molecular weight is 269 g/mol. The lowest BCUT2D eigenvalue weighted by Gasteiger charge is -2.16. The highest BCUT2D eigenvalue weighted by Gasteiger charge is 2.18. The third-order valence-electron chi connectivity index (χ3n) is 2.77. The van der Waals surface area contributed by atoms with Crippen LogP contribution in [-0.2, 0) is 16.1 Å². The summed E-state index contributed by atoms with van der Waals surface area (Å²) in [5, 5.41) is 5.35. The summed E-state index contributed by atoms with van der Waals surface area (Å²) >= 11 is 1.70. The molecule has 1 heterocycles. The maximum atomic E-state index is 11.8. The Balaban J connectivity index is 2.40. The molecule has 1 aromatic rings. The lowest BCUT2D eigenvalue weighted by molar-refractivity contribution is -0.145. The van der Waals surface area contributed by atoms with Crippen molar-refractivity contribution in [1.29, 1.82) is 0 Å². The highest BCUT2D eigenvalue weighted by Crippen LogP contribution is 2.10. The summed E-state index contributed by atoms with van der Waals surface area (Å²) in [6.45, 7) is 5.20. The molecule has 18 heavy (non-hydrogen) atoms. The van der Waals surface area contributed by atoms with Crippen molar-refractivity contribution in [2.45, 2.75) is 52.1 Å². The molecule has 0 fully saturated rings. The minimum absolute atomic E-state index is 0.120. The van der Waals surface area contributed by atoms with Crippen molar-refractivity contribution >= 4 is 17.3 Å². The Labute approximate surface area is 114 Å². The first-order chi connectivity index (χ1) is 8.77. The van der Waals surface area contributed by atoms with Gasteiger partial charge in [0, 0.05) is 11.4 Å². The van der Waals surface area contributed by atoms with Crippen molar-refractivity contribution in [3.63, 3.8) is 0 Å². The predicted octanol–water partition coefficient (Wildman–Crippen LogP) is 3.35. The first kappa shape index (κ1) is 15.2. The quantitative estimate of drug-likeness (QED) is 0.552. The Hall–Kier alpha value is -0.870. The zero-order chi connectivity index (χ0) is 13.2. The topological polar surface area (TPSA) is 38.3 Å². The Morgan fingerprint density at radius 1 is 1.44 bits per heavy atom. The number of ether oxygens (including phenoxy) is 1. The molecule has 0 aromatic carbocycles. The minimum atomic E-state index is -0.168. The van der Waals surface area contributed by atoms with Gasteiger partial charge in [0.2, 0.25) is 0 Å². The van der Waals surface area contributed by atoms with Gasteiger partial charge in [0.05, 0.1) is 6.61 Å². The number of unbranched alkanes of at least 4 members (excludes halogenated alkanes) is 2.